The first-order valence-corrected chi connectivity index (χ1v) is 3.28. The van der Waals surface area contributed by atoms with E-state index in [4.69, 9.17) is 10.5 Å². The van der Waals surface area contributed by atoms with Gasteiger partial charge in [-0.2, -0.15) is 0 Å². The minimum atomic E-state index is -0.833. The molecule has 0 saturated carbocycles. The third kappa shape index (κ3) is 6.29. The number of amides is 3. The van der Waals surface area contributed by atoms with E-state index in [1.807, 2.05) is 0 Å². The first-order valence-electron chi connectivity index (χ1n) is 3.28. The summed E-state index contributed by atoms with van der Waals surface area (Å²) in [4.78, 5) is 23.1. The molecule has 6 heteroatoms. The van der Waals surface area contributed by atoms with Crippen molar-refractivity contribution in [3.05, 3.63) is 30.1 Å². The van der Waals surface area contributed by atoms with Crippen molar-refractivity contribution in [3.8, 4) is 0 Å². The number of carbonyl (C=O) groups is 2. The normalized spacial score (nSPS) is 8.00. The van der Waals surface area contributed by atoms with E-state index in [0.29, 0.717) is 5.56 Å². The third-order valence-corrected chi connectivity index (χ3v) is 0.946. The van der Waals surface area contributed by atoms with Gasteiger partial charge < -0.3 is 17.2 Å². The summed E-state index contributed by atoms with van der Waals surface area (Å²) >= 11 is 0. The second kappa shape index (κ2) is 5.53. The minimum absolute atomic E-state index is 0.442. The van der Waals surface area contributed by atoms with Crippen molar-refractivity contribution in [2.75, 3.05) is 0 Å². The zero-order valence-corrected chi connectivity index (χ0v) is 6.81. The SMILES string of the molecule is NC(=O)c1cccnc1.NC(N)=O. The van der Waals surface area contributed by atoms with Crippen LogP contribution in [0.5, 0.6) is 0 Å². The Morgan fingerprint density at radius 2 is 1.77 bits per heavy atom. The number of nitrogens with two attached hydrogens (primary N) is 3. The molecular weight excluding hydrogens is 172 g/mol. The van der Waals surface area contributed by atoms with E-state index in [1.165, 1.54) is 6.20 Å². The Balaban J connectivity index is 0.000000310. The number of pyridine rings is 1. The highest BCUT2D eigenvalue weighted by Gasteiger charge is 1.94. The molecule has 13 heavy (non-hydrogen) atoms. The second-order valence-corrected chi connectivity index (χ2v) is 2.01. The maximum Gasteiger partial charge on any atom is 0.309 e. The second-order valence-electron chi connectivity index (χ2n) is 2.01. The molecule has 70 valence electrons. The van der Waals surface area contributed by atoms with Crippen LogP contribution in [0, 0.1) is 0 Å². The fourth-order valence-corrected chi connectivity index (χ4v) is 0.509. The van der Waals surface area contributed by atoms with Crippen LogP contribution in [-0.2, 0) is 0 Å². The van der Waals surface area contributed by atoms with Gasteiger partial charge in [0.25, 0.3) is 0 Å². The molecule has 0 spiro atoms. The number of urea groups is 1. The molecule has 0 bridgehead atoms. The van der Waals surface area contributed by atoms with Crippen molar-refractivity contribution in [1.82, 2.24) is 4.98 Å². The maximum atomic E-state index is 10.4. The van der Waals surface area contributed by atoms with E-state index >= 15 is 0 Å². The van der Waals surface area contributed by atoms with Crippen LogP contribution in [0.1, 0.15) is 10.4 Å². The zero-order chi connectivity index (χ0) is 10.3. The molecule has 0 saturated heterocycles. The maximum absolute atomic E-state index is 10.4. The Bertz CT molecular complexity index is 282. The fourth-order valence-electron chi connectivity index (χ4n) is 0.509. The predicted octanol–water partition coefficient (Wildman–Crippen LogP) is -0.796. The van der Waals surface area contributed by atoms with Crippen LogP contribution in [0.25, 0.3) is 0 Å². The molecule has 1 aromatic heterocycles. The number of nitrogens with zero attached hydrogens (tertiary/aromatic N) is 1. The van der Waals surface area contributed by atoms with E-state index < -0.39 is 11.9 Å². The van der Waals surface area contributed by atoms with Crippen LogP contribution in [-0.4, -0.2) is 16.9 Å². The van der Waals surface area contributed by atoms with Gasteiger partial charge in [-0.15, -0.1) is 0 Å². The number of carbonyl (C=O) groups excluding carboxylic acids is 2. The van der Waals surface area contributed by atoms with Crippen LogP contribution in [0.3, 0.4) is 0 Å². The Kier molecular flexibility index (Phi) is 4.63. The molecule has 0 unspecified atom stereocenters. The lowest BCUT2D eigenvalue weighted by molar-refractivity contribution is 0.1000. The molecule has 0 aliphatic heterocycles. The molecule has 3 amide bonds. The van der Waals surface area contributed by atoms with Gasteiger partial charge in [-0.25, -0.2) is 4.79 Å². The van der Waals surface area contributed by atoms with E-state index in [-0.39, 0.29) is 0 Å². The molecule has 0 atom stereocenters. The molecular formula is C7H10N4O2. The van der Waals surface area contributed by atoms with Gasteiger partial charge in [-0.1, -0.05) is 0 Å². The van der Waals surface area contributed by atoms with Crippen molar-refractivity contribution in [2.45, 2.75) is 0 Å². The smallest absolute Gasteiger partial charge is 0.309 e. The fraction of sp³-hybridized carbons (Fsp3) is 0. The topological polar surface area (TPSA) is 125 Å². The van der Waals surface area contributed by atoms with Crippen LogP contribution < -0.4 is 17.2 Å². The highest BCUT2D eigenvalue weighted by Crippen LogP contribution is 1.91. The van der Waals surface area contributed by atoms with Crippen LogP contribution >= 0.6 is 0 Å². The van der Waals surface area contributed by atoms with Gasteiger partial charge in [0.2, 0.25) is 5.91 Å². The predicted molar refractivity (Wildman–Crippen MR) is 46.5 cm³/mol. The van der Waals surface area contributed by atoms with Gasteiger partial charge in [-0.05, 0) is 12.1 Å². The summed E-state index contributed by atoms with van der Waals surface area (Å²) in [6, 6.07) is 2.45. The summed E-state index contributed by atoms with van der Waals surface area (Å²) in [5.74, 6) is -0.442. The van der Waals surface area contributed by atoms with Crippen LogP contribution in [0.2, 0.25) is 0 Å². The molecule has 0 aliphatic carbocycles. The number of aromatic nitrogens is 1. The summed E-state index contributed by atoms with van der Waals surface area (Å²) in [5, 5.41) is 0. The quantitative estimate of drug-likeness (QED) is 0.526. The standard InChI is InChI=1S/C6H6N2O.CH4N2O/c7-6(9)5-2-1-3-8-4-5;2-1(3)4/h1-4H,(H2,7,9);(H4,2,3,4). The summed E-state index contributed by atoms with van der Waals surface area (Å²) < 4.78 is 0. The lowest BCUT2D eigenvalue weighted by Crippen LogP contribution is -2.18. The zero-order valence-electron chi connectivity index (χ0n) is 6.81. The van der Waals surface area contributed by atoms with Gasteiger partial charge in [0.1, 0.15) is 0 Å². The summed E-state index contributed by atoms with van der Waals surface area (Å²) in [6.45, 7) is 0. The Morgan fingerprint density at radius 1 is 1.23 bits per heavy atom. The number of rotatable bonds is 1. The summed E-state index contributed by atoms with van der Waals surface area (Å²) in [6.07, 6.45) is 3.02. The molecule has 0 aliphatic rings. The summed E-state index contributed by atoms with van der Waals surface area (Å²) in [7, 11) is 0. The number of primary amides is 3. The van der Waals surface area contributed by atoms with Gasteiger partial charge in [0.05, 0.1) is 5.56 Å². The van der Waals surface area contributed by atoms with E-state index in [2.05, 4.69) is 16.5 Å². The molecule has 0 fully saturated rings. The Labute approximate surface area is 74.7 Å². The third-order valence-electron chi connectivity index (χ3n) is 0.946. The highest BCUT2D eigenvalue weighted by molar-refractivity contribution is 5.92. The Hall–Kier alpha value is -2.11. The average molecular weight is 182 g/mol. The van der Waals surface area contributed by atoms with Crippen LogP contribution in [0.4, 0.5) is 4.79 Å². The van der Waals surface area contributed by atoms with Crippen molar-refractivity contribution < 1.29 is 9.59 Å². The molecule has 1 aromatic rings. The van der Waals surface area contributed by atoms with Gasteiger partial charge >= 0.3 is 6.03 Å². The highest BCUT2D eigenvalue weighted by atomic mass is 16.2. The molecule has 0 aromatic carbocycles. The van der Waals surface area contributed by atoms with Crippen molar-refractivity contribution in [2.24, 2.45) is 17.2 Å². The van der Waals surface area contributed by atoms with Crippen molar-refractivity contribution >= 4 is 11.9 Å². The van der Waals surface area contributed by atoms with Crippen LogP contribution in [0.15, 0.2) is 24.5 Å². The molecule has 6 nitrogen and oxygen atoms in total. The lowest BCUT2D eigenvalue weighted by atomic mass is 10.3. The summed E-state index contributed by atoms with van der Waals surface area (Å²) in [5.41, 5.74) is 13.9. The molecule has 0 radical (unpaired) electrons. The molecule has 6 N–H and O–H groups in total. The average Bonchev–Trinajstić information content (AvgIpc) is 2.05. The lowest BCUT2D eigenvalue weighted by Gasteiger charge is -1.88. The van der Waals surface area contributed by atoms with E-state index in [0.717, 1.165) is 0 Å². The van der Waals surface area contributed by atoms with E-state index in [1.54, 1.807) is 18.3 Å². The Morgan fingerprint density at radius 3 is 2.00 bits per heavy atom. The number of hydrogen-bond donors (Lipinski definition) is 3. The van der Waals surface area contributed by atoms with E-state index in [9.17, 15) is 4.79 Å². The van der Waals surface area contributed by atoms with Gasteiger partial charge in [0.15, 0.2) is 0 Å². The largest absolute Gasteiger partial charge is 0.366 e. The molecule has 1 rings (SSSR count). The van der Waals surface area contributed by atoms with Gasteiger partial charge in [0, 0.05) is 12.4 Å². The monoisotopic (exact) mass is 182 g/mol. The van der Waals surface area contributed by atoms with Crippen molar-refractivity contribution in [1.29, 1.82) is 0 Å². The van der Waals surface area contributed by atoms with Crippen molar-refractivity contribution in [3.63, 3.8) is 0 Å². The van der Waals surface area contributed by atoms with Gasteiger partial charge in [-0.3, -0.25) is 9.78 Å². The molecule has 1 heterocycles. The first kappa shape index (κ1) is 10.9. The minimum Gasteiger partial charge on any atom is -0.366 e. The first-order chi connectivity index (χ1) is 6.04. The number of hydrogen-bond acceptors (Lipinski definition) is 3.